The van der Waals surface area contributed by atoms with Gasteiger partial charge in [0.15, 0.2) is 0 Å². The maximum absolute atomic E-state index is 9.19. The number of aliphatic hydroxyl groups excluding tert-OH is 1. The van der Waals surface area contributed by atoms with E-state index in [0.29, 0.717) is 12.5 Å². The fraction of sp³-hybridized carbons (Fsp3) is 0.647. The van der Waals surface area contributed by atoms with Crippen LogP contribution < -0.4 is 9.64 Å². The predicted molar refractivity (Wildman–Crippen MR) is 83.5 cm³/mol. The minimum atomic E-state index is 0.301. The van der Waals surface area contributed by atoms with Crippen LogP contribution >= 0.6 is 0 Å². The van der Waals surface area contributed by atoms with Crippen molar-refractivity contribution in [3.63, 3.8) is 0 Å². The highest BCUT2D eigenvalue weighted by Gasteiger charge is 2.21. The molecule has 1 unspecified atom stereocenters. The van der Waals surface area contributed by atoms with Gasteiger partial charge in [-0.2, -0.15) is 0 Å². The normalized spacial score (nSPS) is 18.5. The Morgan fingerprint density at radius 3 is 2.65 bits per heavy atom. The van der Waals surface area contributed by atoms with Crippen LogP contribution in [0.1, 0.15) is 39.0 Å². The Balaban J connectivity index is 1.75. The Morgan fingerprint density at radius 2 is 2.00 bits per heavy atom. The molecule has 1 aliphatic rings. The number of anilines is 1. The van der Waals surface area contributed by atoms with E-state index in [0.717, 1.165) is 38.3 Å². The first-order valence-corrected chi connectivity index (χ1v) is 7.92. The Hall–Kier alpha value is -1.22. The number of hydrogen-bond acceptors (Lipinski definition) is 3. The summed E-state index contributed by atoms with van der Waals surface area (Å²) in [6, 6.07) is 8.37. The molecule has 0 bridgehead atoms. The van der Waals surface area contributed by atoms with Crippen LogP contribution in [0.2, 0.25) is 0 Å². The van der Waals surface area contributed by atoms with Gasteiger partial charge in [0.2, 0.25) is 0 Å². The van der Waals surface area contributed by atoms with Gasteiger partial charge in [-0.3, -0.25) is 0 Å². The number of ether oxygens (including phenoxy) is 1. The Bertz CT molecular complexity index is 377. The lowest BCUT2D eigenvalue weighted by molar-refractivity contribution is 0.238. The lowest BCUT2D eigenvalue weighted by atomic mass is 10.1. The average Bonchev–Trinajstić information content (AvgIpc) is 2.97. The fourth-order valence-corrected chi connectivity index (χ4v) is 2.69. The first-order chi connectivity index (χ1) is 9.83. The van der Waals surface area contributed by atoms with Crippen molar-refractivity contribution in [2.45, 2.75) is 39.0 Å². The first kappa shape index (κ1) is 15.2. The molecule has 1 aliphatic heterocycles. The summed E-state index contributed by atoms with van der Waals surface area (Å²) in [7, 11) is 0. The molecule has 2 rings (SSSR count). The van der Waals surface area contributed by atoms with Gasteiger partial charge in [-0.15, -0.1) is 0 Å². The summed E-state index contributed by atoms with van der Waals surface area (Å²) in [6.07, 6.45) is 6.04. The molecule has 1 heterocycles. The molecular weight excluding hydrogens is 250 g/mol. The van der Waals surface area contributed by atoms with Crippen molar-refractivity contribution < 1.29 is 9.84 Å². The van der Waals surface area contributed by atoms with Gasteiger partial charge in [0, 0.05) is 31.3 Å². The summed E-state index contributed by atoms with van der Waals surface area (Å²) in [5.74, 6) is 1.40. The van der Waals surface area contributed by atoms with Gasteiger partial charge in [-0.05, 0) is 37.1 Å². The van der Waals surface area contributed by atoms with Gasteiger partial charge in [0.25, 0.3) is 0 Å². The van der Waals surface area contributed by atoms with Crippen molar-refractivity contribution >= 4 is 5.69 Å². The van der Waals surface area contributed by atoms with E-state index in [4.69, 9.17) is 4.74 Å². The molecule has 1 aromatic carbocycles. The molecule has 1 fully saturated rings. The molecule has 20 heavy (non-hydrogen) atoms. The summed E-state index contributed by atoms with van der Waals surface area (Å²) in [5, 5.41) is 9.19. The van der Waals surface area contributed by atoms with Crippen molar-refractivity contribution in [2.75, 3.05) is 31.2 Å². The van der Waals surface area contributed by atoms with Crippen molar-refractivity contribution in [2.24, 2.45) is 5.92 Å². The summed E-state index contributed by atoms with van der Waals surface area (Å²) < 4.78 is 5.75. The molecule has 112 valence electrons. The molecule has 3 nitrogen and oxygen atoms in total. The summed E-state index contributed by atoms with van der Waals surface area (Å²) in [4.78, 5) is 2.34. The molecule has 1 atom stereocenters. The SMILES string of the molecule is CCCCCCOc1ccc(N2CCC(CO)C2)cc1. The number of nitrogens with zero attached hydrogens (tertiary/aromatic N) is 1. The van der Waals surface area contributed by atoms with Crippen LogP contribution in [-0.2, 0) is 0 Å². The second-order valence-corrected chi connectivity index (χ2v) is 5.69. The summed E-state index contributed by atoms with van der Waals surface area (Å²) >= 11 is 0. The van der Waals surface area contributed by atoms with Gasteiger partial charge in [-0.25, -0.2) is 0 Å². The van der Waals surface area contributed by atoms with Gasteiger partial charge in [0.05, 0.1) is 6.61 Å². The Labute approximate surface area is 122 Å². The minimum absolute atomic E-state index is 0.301. The van der Waals surface area contributed by atoms with Gasteiger partial charge < -0.3 is 14.7 Å². The standard InChI is InChI=1S/C17H27NO2/c1-2-3-4-5-12-20-17-8-6-16(7-9-17)18-11-10-15(13-18)14-19/h6-9,15,19H,2-5,10-14H2,1H3. The third-order valence-corrected chi connectivity index (χ3v) is 4.01. The zero-order valence-corrected chi connectivity index (χ0v) is 12.6. The highest BCUT2D eigenvalue weighted by atomic mass is 16.5. The van der Waals surface area contributed by atoms with E-state index in [1.807, 2.05) is 0 Å². The van der Waals surface area contributed by atoms with Gasteiger partial charge in [0.1, 0.15) is 5.75 Å². The van der Waals surface area contributed by atoms with E-state index in [-0.39, 0.29) is 0 Å². The first-order valence-electron chi connectivity index (χ1n) is 7.92. The van der Waals surface area contributed by atoms with E-state index >= 15 is 0 Å². The third kappa shape index (κ3) is 4.41. The molecule has 0 aromatic heterocycles. The lowest BCUT2D eigenvalue weighted by Crippen LogP contribution is -2.20. The topological polar surface area (TPSA) is 32.7 Å². The number of rotatable bonds is 8. The molecule has 0 radical (unpaired) electrons. The predicted octanol–water partition coefficient (Wildman–Crippen LogP) is 3.46. The van der Waals surface area contributed by atoms with E-state index in [1.165, 1.54) is 24.9 Å². The van der Waals surface area contributed by atoms with Crippen LogP contribution in [0, 0.1) is 5.92 Å². The second-order valence-electron chi connectivity index (χ2n) is 5.69. The van der Waals surface area contributed by atoms with Crippen LogP contribution in [0.4, 0.5) is 5.69 Å². The largest absolute Gasteiger partial charge is 0.494 e. The Morgan fingerprint density at radius 1 is 1.20 bits per heavy atom. The fourth-order valence-electron chi connectivity index (χ4n) is 2.69. The molecular formula is C17H27NO2. The number of aliphatic hydroxyl groups is 1. The van der Waals surface area contributed by atoms with E-state index in [9.17, 15) is 5.11 Å². The monoisotopic (exact) mass is 277 g/mol. The van der Waals surface area contributed by atoms with Crippen LogP contribution in [0.3, 0.4) is 0 Å². The van der Waals surface area contributed by atoms with Gasteiger partial charge in [-0.1, -0.05) is 26.2 Å². The number of benzene rings is 1. The molecule has 0 spiro atoms. The molecule has 0 saturated carbocycles. The number of hydrogen-bond donors (Lipinski definition) is 1. The molecule has 1 aromatic rings. The summed E-state index contributed by atoms with van der Waals surface area (Å²) in [6.45, 7) is 5.35. The Kier molecular flexibility index (Phi) is 6.19. The third-order valence-electron chi connectivity index (χ3n) is 4.01. The van der Waals surface area contributed by atoms with Crippen LogP contribution in [0.5, 0.6) is 5.75 Å². The van der Waals surface area contributed by atoms with Crippen LogP contribution in [-0.4, -0.2) is 31.4 Å². The smallest absolute Gasteiger partial charge is 0.119 e. The zero-order chi connectivity index (χ0) is 14.2. The molecule has 1 N–H and O–H groups in total. The van der Waals surface area contributed by atoms with E-state index in [2.05, 4.69) is 36.1 Å². The van der Waals surface area contributed by atoms with Crippen LogP contribution in [0.15, 0.2) is 24.3 Å². The molecule has 3 heteroatoms. The zero-order valence-electron chi connectivity index (χ0n) is 12.6. The van der Waals surface area contributed by atoms with Crippen LogP contribution in [0.25, 0.3) is 0 Å². The lowest BCUT2D eigenvalue weighted by Gasteiger charge is -2.18. The van der Waals surface area contributed by atoms with Crippen molar-refractivity contribution in [1.82, 2.24) is 0 Å². The maximum atomic E-state index is 9.19. The van der Waals surface area contributed by atoms with E-state index < -0.39 is 0 Å². The maximum Gasteiger partial charge on any atom is 0.119 e. The second kappa shape index (κ2) is 8.15. The minimum Gasteiger partial charge on any atom is -0.494 e. The van der Waals surface area contributed by atoms with Gasteiger partial charge >= 0.3 is 0 Å². The quantitative estimate of drug-likeness (QED) is 0.739. The summed E-state index contributed by atoms with van der Waals surface area (Å²) in [5.41, 5.74) is 1.24. The molecule has 0 aliphatic carbocycles. The van der Waals surface area contributed by atoms with Crippen molar-refractivity contribution in [3.05, 3.63) is 24.3 Å². The van der Waals surface area contributed by atoms with E-state index in [1.54, 1.807) is 0 Å². The average molecular weight is 277 g/mol. The molecule has 1 saturated heterocycles. The highest BCUT2D eigenvalue weighted by molar-refractivity contribution is 5.49. The van der Waals surface area contributed by atoms with Crippen molar-refractivity contribution in [1.29, 1.82) is 0 Å². The number of unbranched alkanes of at least 4 members (excludes halogenated alkanes) is 3. The highest BCUT2D eigenvalue weighted by Crippen LogP contribution is 2.25. The van der Waals surface area contributed by atoms with Crippen molar-refractivity contribution in [3.8, 4) is 5.75 Å². The molecule has 0 amide bonds.